The molecule has 0 radical (unpaired) electrons. The Labute approximate surface area is 322 Å². The van der Waals surface area contributed by atoms with Gasteiger partial charge in [0, 0.05) is 67.3 Å². The highest BCUT2D eigenvalue weighted by atomic mass is 16.3. The van der Waals surface area contributed by atoms with Crippen LogP contribution in [0.4, 0.5) is 0 Å². The van der Waals surface area contributed by atoms with Gasteiger partial charge in [-0.05, 0) is 53.1 Å². The van der Waals surface area contributed by atoms with Gasteiger partial charge in [-0.25, -0.2) is 9.97 Å². The first-order valence-corrected chi connectivity index (χ1v) is 18.7. The number of fused-ring (bicyclic) bond motifs is 6. The SMILES string of the molecule is c1ccc(-c2cc(-c3ccc(-c4ccc(-c5cccc6c5oc5ccccc56)c5oc6ccccc6c45)cc3)nc(-c3cccc(-c4cccnc4)c3)n2)cc1. The third kappa shape index (κ3) is 5.37. The van der Waals surface area contributed by atoms with Crippen molar-refractivity contribution in [3.05, 3.63) is 188 Å². The maximum atomic E-state index is 6.70. The molecule has 0 aliphatic rings. The van der Waals surface area contributed by atoms with Crippen LogP contribution >= 0.6 is 0 Å². The normalized spacial score (nSPS) is 11.6. The molecule has 0 atom stereocenters. The summed E-state index contributed by atoms with van der Waals surface area (Å²) < 4.78 is 13.2. The summed E-state index contributed by atoms with van der Waals surface area (Å²) >= 11 is 0. The fourth-order valence-electron chi connectivity index (χ4n) is 7.91. The van der Waals surface area contributed by atoms with Crippen LogP contribution in [-0.4, -0.2) is 15.0 Å². The van der Waals surface area contributed by atoms with Gasteiger partial charge in [0.1, 0.15) is 22.3 Å². The standard InChI is InChI=1S/C51H31N3O2/c1-2-11-33(12-3-1)44-30-45(54-51(53-44)36-14-8-13-35(29-36)37-15-10-28-52-31-37)34-24-22-32(23-25-34)38-26-27-42(50-48(38)43-17-5-7-21-47(43)56-50)41-19-9-18-40-39-16-4-6-20-46(39)55-49(40)41/h1-31H. The average Bonchev–Trinajstić information content (AvgIpc) is 3.86. The minimum Gasteiger partial charge on any atom is -0.455 e. The van der Waals surface area contributed by atoms with Crippen LogP contribution in [0.1, 0.15) is 0 Å². The van der Waals surface area contributed by atoms with Crippen LogP contribution in [0.3, 0.4) is 0 Å². The highest BCUT2D eigenvalue weighted by Gasteiger charge is 2.21. The topological polar surface area (TPSA) is 65.0 Å². The lowest BCUT2D eigenvalue weighted by Gasteiger charge is -2.12. The molecule has 4 aromatic heterocycles. The Balaban J connectivity index is 1.04. The minimum atomic E-state index is 0.665. The first kappa shape index (κ1) is 31.9. The molecule has 7 aromatic carbocycles. The minimum absolute atomic E-state index is 0.665. The van der Waals surface area contributed by atoms with Gasteiger partial charge in [0.15, 0.2) is 5.82 Å². The Morgan fingerprint density at radius 2 is 0.946 bits per heavy atom. The van der Waals surface area contributed by atoms with E-state index in [-0.39, 0.29) is 0 Å². The summed E-state index contributed by atoms with van der Waals surface area (Å²) in [7, 11) is 0. The zero-order valence-corrected chi connectivity index (χ0v) is 30.1. The number of hydrogen-bond donors (Lipinski definition) is 0. The van der Waals surface area contributed by atoms with Crippen LogP contribution < -0.4 is 0 Å². The van der Waals surface area contributed by atoms with Crippen LogP contribution in [0.25, 0.3) is 111 Å². The van der Waals surface area contributed by atoms with E-state index in [2.05, 4.69) is 126 Å². The van der Waals surface area contributed by atoms with Crippen molar-refractivity contribution in [2.75, 3.05) is 0 Å². The molecule has 0 aliphatic heterocycles. The highest BCUT2D eigenvalue weighted by Crippen LogP contribution is 2.45. The van der Waals surface area contributed by atoms with Crippen molar-refractivity contribution in [2.24, 2.45) is 0 Å². The summed E-state index contributed by atoms with van der Waals surface area (Å²) in [5.74, 6) is 0.665. The summed E-state index contributed by atoms with van der Waals surface area (Å²) in [6, 6.07) is 60.6. The summed E-state index contributed by atoms with van der Waals surface area (Å²) in [6.07, 6.45) is 3.67. The molecular weight excluding hydrogens is 687 g/mol. The Bertz CT molecular complexity index is 3240. The smallest absolute Gasteiger partial charge is 0.160 e. The quantitative estimate of drug-likeness (QED) is 0.171. The third-order valence-electron chi connectivity index (χ3n) is 10.6. The predicted molar refractivity (Wildman–Crippen MR) is 227 cm³/mol. The fourth-order valence-corrected chi connectivity index (χ4v) is 7.91. The van der Waals surface area contributed by atoms with Gasteiger partial charge < -0.3 is 8.83 Å². The second kappa shape index (κ2) is 13.0. The van der Waals surface area contributed by atoms with E-state index in [0.29, 0.717) is 5.82 Å². The largest absolute Gasteiger partial charge is 0.455 e. The van der Waals surface area contributed by atoms with E-state index < -0.39 is 0 Å². The van der Waals surface area contributed by atoms with Gasteiger partial charge in [-0.3, -0.25) is 4.98 Å². The Kier molecular flexibility index (Phi) is 7.42. The van der Waals surface area contributed by atoms with Crippen LogP contribution in [0.5, 0.6) is 0 Å². The molecule has 262 valence electrons. The number of rotatable bonds is 6. The molecule has 5 heteroatoms. The Hall–Kier alpha value is -7.63. The van der Waals surface area contributed by atoms with Crippen LogP contribution in [0, 0.1) is 0 Å². The summed E-state index contributed by atoms with van der Waals surface area (Å²) in [5.41, 5.74) is 14.4. The van der Waals surface area contributed by atoms with Crippen LogP contribution in [-0.2, 0) is 0 Å². The molecule has 56 heavy (non-hydrogen) atoms. The second-order valence-corrected chi connectivity index (χ2v) is 14.0. The highest BCUT2D eigenvalue weighted by molar-refractivity contribution is 6.18. The molecule has 0 saturated heterocycles. The van der Waals surface area contributed by atoms with Crippen molar-refractivity contribution in [1.82, 2.24) is 15.0 Å². The van der Waals surface area contributed by atoms with Gasteiger partial charge in [0.2, 0.25) is 0 Å². The van der Waals surface area contributed by atoms with E-state index in [0.717, 1.165) is 105 Å². The molecule has 0 unspecified atom stereocenters. The maximum absolute atomic E-state index is 6.70. The van der Waals surface area contributed by atoms with Gasteiger partial charge in [0.25, 0.3) is 0 Å². The van der Waals surface area contributed by atoms with Gasteiger partial charge in [-0.1, -0.05) is 140 Å². The van der Waals surface area contributed by atoms with Gasteiger partial charge >= 0.3 is 0 Å². The van der Waals surface area contributed by atoms with Crippen molar-refractivity contribution in [3.63, 3.8) is 0 Å². The number of nitrogens with zero attached hydrogens (tertiary/aromatic N) is 3. The first-order chi connectivity index (χ1) is 27.7. The summed E-state index contributed by atoms with van der Waals surface area (Å²) in [6.45, 7) is 0. The van der Waals surface area contributed by atoms with E-state index in [1.54, 1.807) is 6.20 Å². The number of aromatic nitrogens is 3. The van der Waals surface area contributed by atoms with Crippen molar-refractivity contribution in [2.45, 2.75) is 0 Å². The number of hydrogen-bond acceptors (Lipinski definition) is 5. The molecule has 11 aromatic rings. The lowest BCUT2D eigenvalue weighted by molar-refractivity contribution is 0.665. The van der Waals surface area contributed by atoms with Crippen molar-refractivity contribution in [3.8, 4) is 67.3 Å². The fraction of sp³-hybridized carbons (Fsp3) is 0. The summed E-state index contributed by atoms with van der Waals surface area (Å²) in [5, 5.41) is 4.34. The molecule has 4 heterocycles. The molecule has 0 saturated carbocycles. The third-order valence-corrected chi connectivity index (χ3v) is 10.6. The monoisotopic (exact) mass is 717 g/mol. The van der Waals surface area contributed by atoms with Crippen LogP contribution in [0.2, 0.25) is 0 Å². The van der Waals surface area contributed by atoms with Gasteiger partial charge in [-0.2, -0.15) is 0 Å². The molecule has 0 bridgehead atoms. The van der Waals surface area contributed by atoms with Crippen molar-refractivity contribution < 1.29 is 8.83 Å². The zero-order chi connectivity index (χ0) is 37.0. The van der Waals surface area contributed by atoms with E-state index >= 15 is 0 Å². The molecule has 11 rings (SSSR count). The lowest BCUT2D eigenvalue weighted by Crippen LogP contribution is -1.96. The molecule has 0 spiro atoms. The number of para-hydroxylation sites is 3. The molecule has 0 fully saturated rings. The Morgan fingerprint density at radius 1 is 0.357 bits per heavy atom. The Morgan fingerprint density at radius 3 is 1.75 bits per heavy atom. The summed E-state index contributed by atoms with van der Waals surface area (Å²) in [4.78, 5) is 14.6. The van der Waals surface area contributed by atoms with Crippen molar-refractivity contribution >= 4 is 43.9 Å². The lowest BCUT2D eigenvalue weighted by atomic mass is 9.93. The number of pyridine rings is 1. The van der Waals surface area contributed by atoms with E-state index in [1.165, 1.54) is 0 Å². The molecule has 0 amide bonds. The van der Waals surface area contributed by atoms with E-state index in [1.807, 2.05) is 60.8 Å². The van der Waals surface area contributed by atoms with E-state index in [4.69, 9.17) is 18.8 Å². The first-order valence-electron chi connectivity index (χ1n) is 18.7. The zero-order valence-electron chi connectivity index (χ0n) is 30.1. The van der Waals surface area contributed by atoms with Crippen molar-refractivity contribution in [1.29, 1.82) is 0 Å². The molecule has 5 nitrogen and oxygen atoms in total. The average molecular weight is 718 g/mol. The van der Waals surface area contributed by atoms with Gasteiger partial charge in [0.05, 0.1) is 11.4 Å². The number of benzene rings is 7. The maximum Gasteiger partial charge on any atom is 0.160 e. The molecule has 0 N–H and O–H groups in total. The number of furan rings is 2. The molecular formula is C51H31N3O2. The van der Waals surface area contributed by atoms with Gasteiger partial charge in [-0.15, -0.1) is 0 Å². The molecule has 0 aliphatic carbocycles. The van der Waals surface area contributed by atoms with Crippen LogP contribution in [0.15, 0.2) is 197 Å². The predicted octanol–water partition coefficient (Wildman–Crippen LogP) is 13.7. The second-order valence-electron chi connectivity index (χ2n) is 14.0. The van der Waals surface area contributed by atoms with E-state index in [9.17, 15) is 0 Å².